The highest BCUT2D eigenvalue weighted by Gasteiger charge is 2.10. The van der Waals surface area contributed by atoms with Crippen LogP contribution in [-0.2, 0) is 27.4 Å². The zero-order valence-corrected chi connectivity index (χ0v) is 22.7. The summed E-state index contributed by atoms with van der Waals surface area (Å²) < 4.78 is 13.3. The van der Waals surface area contributed by atoms with Crippen molar-refractivity contribution in [1.82, 2.24) is 9.13 Å². The van der Waals surface area contributed by atoms with Gasteiger partial charge in [0.05, 0.1) is 20.4 Å². The smallest absolute Gasteiger partial charge is 0.274 e. The van der Waals surface area contributed by atoms with Gasteiger partial charge in [-0.05, 0) is 50.2 Å². The Labute approximate surface area is 214 Å². The van der Waals surface area contributed by atoms with Crippen LogP contribution in [-0.4, -0.2) is 34.2 Å². The van der Waals surface area contributed by atoms with Gasteiger partial charge in [-0.1, -0.05) is 54.5 Å². The molecule has 7 nitrogen and oxygen atoms in total. The summed E-state index contributed by atoms with van der Waals surface area (Å²) in [6, 6.07) is 11.9. The fourth-order valence-corrected chi connectivity index (χ4v) is 6.71. The number of carbonyl (C=O) groups is 2. The lowest BCUT2D eigenvalue weighted by molar-refractivity contribution is -0.127. The van der Waals surface area contributed by atoms with Gasteiger partial charge in [-0.15, -0.1) is 0 Å². The SMILES string of the molecule is CCn1c(=NC(=O)COCC(=O)N=c2sc3cc(Br)ccc3n2CC)sc2cc(Br)ccc21. The monoisotopic (exact) mass is 610 g/mol. The van der Waals surface area contributed by atoms with E-state index >= 15 is 0 Å². The molecule has 0 bridgehead atoms. The molecule has 2 aromatic heterocycles. The number of thiazole rings is 2. The molecule has 0 saturated heterocycles. The summed E-state index contributed by atoms with van der Waals surface area (Å²) in [6.07, 6.45) is 0. The second-order valence-electron chi connectivity index (χ2n) is 6.99. The van der Waals surface area contributed by atoms with Crippen LogP contribution in [0.15, 0.2) is 55.3 Å². The van der Waals surface area contributed by atoms with Crippen molar-refractivity contribution in [3.05, 3.63) is 54.9 Å². The van der Waals surface area contributed by atoms with Crippen molar-refractivity contribution in [2.75, 3.05) is 13.2 Å². The summed E-state index contributed by atoms with van der Waals surface area (Å²) in [4.78, 5) is 34.3. The van der Waals surface area contributed by atoms with Crippen LogP contribution in [0.5, 0.6) is 0 Å². The molecule has 0 N–H and O–H groups in total. The van der Waals surface area contributed by atoms with Crippen LogP contribution in [0, 0.1) is 0 Å². The zero-order chi connectivity index (χ0) is 23.5. The van der Waals surface area contributed by atoms with Crippen molar-refractivity contribution >= 4 is 86.8 Å². The Morgan fingerprint density at radius 2 is 1.24 bits per heavy atom. The molecule has 0 radical (unpaired) electrons. The molecule has 0 atom stereocenters. The fourth-order valence-electron chi connectivity index (χ4n) is 3.38. The van der Waals surface area contributed by atoms with E-state index in [1.54, 1.807) is 0 Å². The molecule has 0 saturated carbocycles. The summed E-state index contributed by atoms with van der Waals surface area (Å²) in [5.41, 5.74) is 2.04. The van der Waals surface area contributed by atoms with Gasteiger partial charge in [0.15, 0.2) is 9.60 Å². The molecule has 0 aliphatic rings. The lowest BCUT2D eigenvalue weighted by Crippen LogP contribution is -2.20. The van der Waals surface area contributed by atoms with E-state index in [2.05, 4.69) is 41.8 Å². The van der Waals surface area contributed by atoms with E-state index in [0.29, 0.717) is 22.7 Å². The minimum absolute atomic E-state index is 0.282. The predicted molar refractivity (Wildman–Crippen MR) is 138 cm³/mol. The van der Waals surface area contributed by atoms with Crippen LogP contribution in [0.3, 0.4) is 0 Å². The third-order valence-electron chi connectivity index (χ3n) is 4.81. The van der Waals surface area contributed by atoms with Gasteiger partial charge in [-0.3, -0.25) is 9.59 Å². The number of carbonyl (C=O) groups excluding carboxylic acids is 2. The van der Waals surface area contributed by atoms with E-state index in [4.69, 9.17) is 4.74 Å². The molecule has 4 aromatic rings. The van der Waals surface area contributed by atoms with E-state index in [1.165, 1.54) is 22.7 Å². The van der Waals surface area contributed by atoms with Crippen LogP contribution in [0.2, 0.25) is 0 Å². The third-order valence-corrected chi connectivity index (χ3v) is 7.88. The summed E-state index contributed by atoms with van der Waals surface area (Å²) in [5.74, 6) is -0.878. The molecule has 0 fully saturated rings. The molecular formula is C22H20Br2N4O3S2. The molecule has 4 rings (SSSR count). The molecule has 0 aliphatic carbocycles. The number of fused-ring (bicyclic) bond motifs is 2. The molecule has 0 aliphatic heterocycles. The lowest BCUT2D eigenvalue weighted by atomic mass is 10.3. The first kappa shape index (κ1) is 24.2. The standard InChI is InChI=1S/C22H20Br2N4O3S2/c1-3-27-15-7-5-13(23)9-17(15)32-21(27)25-19(29)11-31-12-20(30)26-22-28(4-2)16-8-6-14(24)10-18(16)33-22/h5-10H,3-4,11-12H2,1-2H3. The number of benzene rings is 2. The molecule has 0 spiro atoms. The maximum absolute atomic E-state index is 12.4. The number of aromatic nitrogens is 2. The highest BCUT2D eigenvalue weighted by molar-refractivity contribution is 9.10. The normalized spacial score (nSPS) is 12.8. The van der Waals surface area contributed by atoms with Gasteiger partial charge in [0.1, 0.15) is 13.2 Å². The summed E-state index contributed by atoms with van der Waals surface area (Å²) in [7, 11) is 0. The molecular weight excluding hydrogens is 592 g/mol. The maximum Gasteiger partial charge on any atom is 0.274 e. The predicted octanol–water partition coefficient (Wildman–Crippen LogP) is 4.86. The first-order valence-electron chi connectivity index (χ1n) is 10.2. The Morgan fingerprint density at radius 3 is 1.64 bits per heavy atom. The van der Waals surface area contributed by atoms with E-state index in [-0.39, 0.29) is 13.2 Å². The Hall–Kier alpha value is -1.92. The van der Waals surface area contributed by atoms with E-state index in [1.807, 2.05) is 59.4 Å². The van der Waals surface area contributed by atoms with Gasteiger partial charge in [0, 0.05) is 22.0 Å². The minimum atomic E-state index is -0.439. The minimum Gasteiger partial charge on any atom is -0.362 e. The average Bonchev–Trinajstić information content (AvgIpc) is 3.28. The van der Waals surface area contributed by atoms with Gasteiger partial charge >= 0.3 is 0 Å². The molecule has 0 unspecified atom stereocenters. The van der Waals surface area contributed by atoms with Crippen LogP contribution >= 0.6 is 54.5 Å². The number of nitrogens with zero attached hydrogens (tertiary/aromatic N) is 4. The molecule has 11 heteroatoms. The van der Waals surface area contributed by atoms with Crippen LogP contribution in [0.1, 0.15) is 13.8 Å². The first-order chi connectivity index (χ1) is 15.9. The van der Waals surface area contributed by atoms with Crippen LogP contribution in [0.25, 0.3) is 20.4 Å². The van der Waals surface area contributed by atoms with Crippen molar-refractivity contribution in [3.8, 4) is 0 Å². The number of aryl methyl sites for hydroxylation is 2. The van der Waals surface area contributed by atoms with E-state index in [0.717, 1.165) is 29.4 Å². The fraction of sp³-hybridized carbons (Fsp3) is 0.273. The number of hydrogen-bond donors (Lipinski definition) is 0. The van der Waals surface area contributed by atoms with Gasteiger partial charge < -0.3 is 13.9 Å². The van der Waals surface area contributed by atoms with Crippen molar-refractivity contribution in [3.63, 3.8) is 0 Å². The van der Waals surface area contributed by atoms with Crippen molar-refractivity contribution < 1.29 is 14.3 Å². The highest BCUT2D eigenvalue weighted by atomic mass is 79.9. The number of ether oxygens (including phenoxy) is 1. The Kier molecular flexibility index (Phi) is 7.75. The van der Waals surface area contributed by atoms with Gasteiger partial charge in [0.25, 0.3) is 11.8 Å². The van der Waals surface area contributed by atoms with Crippen LogP contribution in [0.4, 0.5) is 0 Å². The van der Waals surface area contributed by atoms with Crippen molar-refractivity contribution in [2.45, 2.75) is 26.9 Å². The number of rotatable bonds is 6. The second kappa shape index (κ2) is 10.6. The number of hydrogen-bond acceptors (Lipinski definition) is 5. The molecule has 33 heavy (non-hydrogen) atoms. The lowest BCUT2D eigenvalue weighted by Gasteiger charge is -2.01. The van der Waals surface area contributed by atoms with Crippen LogP contribution < -0.4 is 9.60 Å². The third kappa shape index (κ3) is 5.43. The van der Waals surface area contributed by atoms with Gasteiger partial charge in [0.2, 0.25) is 0 Å². The Balaban J connectivity index is 1.46. The quantitative estimate of drug-likeness (QED) is 0.313. The number of amides is 2. The van der Waals surface area contributed by atoms with Gasteiger partial charge in [-0.2, -0.15) is 9.98 Å². The molecule has 2 heterocycles. The molecule has 2 amide bonds. The Bertz CT molecular complexity index is 1390. The topological polar surface area (TPSA) is 78.0 Å². The number of halogens is 2. The second-order valence-corrected chi connectivity index (χ2v) is 10.8. The summed E-state index contributed by atoms with van der Waals surface area (Å²) >= 11 is 9.82. The zero-order valence-electron chi connectivity index (χ0n) is 17.9. The van der Waals surface area contributed by atoms with E-state index < -0.39 is 11.8 Å². The van der Waals surface area contributed by atoms with Gasteiger partial charge in [-0.25, -0.2) is 0 Å². The maximum atomic E-state index is 12.4. The van der Waals surface area contributed by atoms with E-state index in [9.17, 15) is 9.59 Å². The van der Waals surface area contributed by atoms with Crippen molar-refractivity contribution in [2.24, 2.45) is 9.98 Å². The highest BCUT2D eigenvalue weighted by Crippen LogP contribution is 2.23. The molecule has 2 aromatic carbocycles. The van der Waals surface area contributed by atoms with Crippen molar-refractivity contribution in [1.29, 1.82) is 0 Å². The molecule has 172 valence electrons. The average molecular weight is 612 g/mol. The summed E-state index contributed by atoms with van der Waals surface area (Å²) in [5, 5.41) is 0. The summed E-state index contributed by atoms with van der Waals surface area (Å²) in [6.45, 7) is 4.82. The first-order valence-corrected chi connectivity index (χ1v) is 13.4. The largest absolute Gasteiger partial charge is 0.362 e. The Morgan fingerprint density at radius 1 is 0.818 bits per heavy atom.